The van der Waals surface area contributed by atoms with E-state index in [4.69, 9.17) is 9.47 Å². The Labute approximate surface area is 164 Å². The molecule has 146 valence electrons. The zero-order valence-corrected chi connectivity index (χ0v) is 17.1. The van der Waals surface area contributed by atoms with Crippen molar-refractivity contribution < 1.29 is 19.1 Å². The van der Waals surface area contributed by atoms with Crippen molar-refractivity contribution in [1.29, 1.82) is 0 Å². The molecule has 2 heterocycles. The Bertz CT molecular complexity index is 733. The Kier molecular flexibility index (Phi) is 8.45. The van der Waals surface area contributed by atoms with Crippen molar-refractivity contribution in [3.05, 3.63) is 40.5 Å². The van der Waals surface area contributed by atoms with E-state index in [9.17, 15) is 9.59 Å². The molecule has 0 radical (unpaired) electrons. The summed E-state index contributed by atoms with van der Waals surface area (Å²) in [6.07, 6.45) is 5.73. The standard InChI is InChI=1S/C21H27NO4S/c1-4-7-8-9-10-15-11-12-27-19(15)16-13-17(20(23)25-5-2)22-18(14-16)21(24)26-6-3/h11-14H,4-10H2,1-3H3. The van der Waals surface area contributed by atoms with Gasteiger partial charge in [-0.05, 0) is 61.4 Å². The molecule has 0 N–H and O–H groups in total. The predicted molar refractivity (Wildman–Crippen MR) is 107 cm³/mol. The van der Waals surface area contributed by atoms with Gasteiger partial charge in [-0.3, -0.25) is 0 Å². The van der Waals surface area contributed by atoms with Crippen LogP contribution in [0, 0.1) is 0 Å². The summed E-state index contributed by atoms with van der Waals surface area (Å²) in [4.78, 5) is 29.6. The summed E-state index contributed by atoms with van der Waals surface area (Å²) in [6, 6.07) is 5.50. The van der Waals surface area contributed by atoms with Crippen LogP contribution in [-0.4, -0.2) is 30.1 Å². The summed E-state index contributed by atoms with van der Waals surface area (Å²) in [7, 11) is 0. The molecule has 0 aliphatic rings. The molecule has 0 bridgehead atoms. The molecule has 2 rings (SSSR count). The predicted octanol–water partition coefficient (Wildman–Crippen LogP) is 5.29. The molecule has 5 nitrogen and oxygen atoms in total. The third-order valence-corrected chi connectivity index (χ3v) is 5.11. The minimum absolute atomic E-state index is 0.128. The lowest BCUT2D eigenvalue weighted by molar-refractivity contribution is 0.0511. The Hall–Kier alpha value is -2.21. The SMILES string of the molecule is CCCCCCc1ccsc1-c1cc(C(=O)OCC)nc(C(=O)OCC)c1. The molecule has 0 spiro atoms. The maximum Gasteiger partial charge on any atom is 0.356 e. The van der Waals surface area contributed by atoms with Gasteiger partial charge in [0, 0.05) is 4.88 Å². The highest BCUT2D eigenvalue weighted by Crippen LogP contribution is 2.32. The van der Waals surface area contributed by atoms with Crippen molar-refractivity contribution in [2.75, 3.05) is 13.2 Å². The van der Waals surface area contributed by atoms with Crippen LogP contribution in [0.1, 0.15) is 73.0 Å². The fraction of sp³-hybridized carbons (Fsp3) is 0.476. The first-order valence-electron chi connectivity index (χ1n) is 9.53. The molecule has 0 unspecified atom stereocenters. The number of nitrogens with zero attached hydrogens (tertiary/aromatic N) is 1. The normalized spacial score (nSPS) is 10.6. The van der Waals surface area contributed by atoms with E-state index < -0.39 is 11.9 Å². The fourth-order valence-electron chi connectivity index (χ4n) is 2.81. The second kappa shape index (κ2) is 10.8. The van der Waals surface area contributed by atoms with Crippen LogP contribution in [0.2, 0.25) is 0 Å². The van der Waals surface area contributed by atoms with Gasteiger partial charge in [0.1, 0.15) is 11.4 Å². The summed E-state index contributed by atoms with van der Waals surface area (Å²) < 4.78 is 10.1. The zero-order valence-electron chi connectivity index (χ0n) is 16.2. The maximum absolute atomic E-state index is 12.2. The third-order valence-electron chi connectivity index (χ3n) is 4.10. The lowest BCUT2D eigenvalue weighted by atomic mass is 10.0. The topological polar surface area (TPSA) is 65.5 Å². The smallest absolute Gasteiger partial charge is 0.356 e. The minimum atomic E-state index is -0.536. The van der Waals surface area contributed by atoms with E-state index in [0.29, 0.717) is 0 Å². The van der Waals surface area contributed by atoms with E-state index in [2.05, 4.69) is 18.0 Å². The van der Waals surface area contributed by atoms with E-state index in [0.717, 1.165) is 23.3 Å². The van der Waals surface area contributed by atoms with Gasteiger partial charge in [-0.1, -0.05) is 26.2 Å². The Morgan fingerprint density at radius 2 is 1.59 bits per heavy atom. The number of thiophene rings is 1. The molecule has 0 amide bonds. The highest BCUT2D eigenvalue weighted by atomic mass is 32.1. The Morgan fingerprint density at radius 1 is 0.963 bits per heavy atom. The number of ether oxygens (including phenoxy) is 2. The lowest BCUT2D eigenvalue weighted by Gasteiger charge is -2.09. The Morgan fingerprint density at radius 3 is 2.15 bits per heavy atom. The van der Waals surface area contributed by atoms with Crippen LogP contribution in [-0.2, 0) is 15.9 Å². The molecule has 0 aromatic carbocycles. The number of aromatic nitrogens is 1. The number of hydrogen-bond donors (Lipinski definition) is 0. The molecule has 0 aliphatic carbocycles. The van der Waals surface area contributed by atoms with Gasteiger partial charge in [0.2, 0.25) is 0 Å². The lowest BCUT2D eigenvalue weighted by Crippen LogP contribution is -2.13. The van der Waals surface area contributed by atoms with Crippen molar-refractivity contribution in [3.63, 3.8) is 0 Å². The third kappa shape index (κ3) is 5.89. The quantitative estimate of drug-likeness (QED) is 0.408. The minimum Gasteiger partial charge on any atom is -0.461 e. The summed E-state index contributed by atoms with van der Waals surface area (Å²) >= 11 is 1.60. The van der Waals surface area contributed by atoms with Gasteiger partial charge in [-0.2, -0.15) is 0 Å². The first-order valence-corrected chi connectivity index (χ1v) is 10.4. The molecule has 2 aromatic heterocycles. The molecule has 27 heavy (non-hydrogen) atoms. The van der Waals surface area contributed by atoms with Gasteiger partial charge in [-0.15, -0.1) is 11.3 Å². The number of rotatable bonds is 10. The van der Waals surface area contributed by atoms with Crippen LogP contribution in [0.5, 0.6) is 0 Å². The molecule has 0 atom stereocenters. The van der Waals surface area contributed by atoms with E-state index in [1.54, 1.807) is 37.3 Å². The van der Waals surface area contributed by atoms with Crippen molar-refractivity contribution in [2.45, 2.75) is 52.9 Å². The van der Waals surface area contributed by atoms with Crippen molar-refractivity contribution >= 4 is 23.3 Å². The number of hydrogen-bond acceptors (Lipinski definition) is 6. The molecule has 2 aromatic rings. The van der Waals surface area contributed by atoms with E-state index in [1.807, 2.05) is 5.38 Å². The van der Waals surface area contributed by atoms with Crippen LogP contribution >= 0.6 is 11.3 Å². The summed E-state index contributed by atoms with van der Waals surface area (Å²) in [6.45, 7) is 6.17. The molecular weight excluding hydrogens is 362 g/mol. The van der Waals surface area contributed by atoms with Crippen LogP contribution in [0.15, 0.2) is 23.6 Å². The van der Waals surface area contributed by atoms with Gasteiger partial charge in [0.25, 0.3) is 0 Å². The molecule has 0 saturated carbocycles. The highest BCUT2D eigenvalue weighted by Gasteiger charge is 2.19. The molecule has 0 fully saturated rings. The maximum atomic E-state index is 12.2. The Balaban J connectivity index is 2.36. The van der Waals surface area contributed by atoms with Crippen LogP contribution < -0.4 is 0 Å². The average Bonchev–Trinajstić information content (AvgIpc) is 3.14. The first kappa shape index (κ1) is 21.1. The second-order valence-electron chi connectivity index (χ2n) is 6.15. The van der Waals surface area contributed by atoms with Crippen LogP contribution in [0.4, 0.5) is 0 Å². The number of pyridine rings is 1. The van der Waals surface area contributed by atoms with Crippen molar-refractivity contribution in [3.8, 4) is 10.4 Å². The number of carbonyl (C=O) groups is 2. The van der Waals surface area contributed by atoms with Crippen LogP contribution in [0.25, 0.3) is 10.4 Å². The zero-order chi connectivity index (χ0) is 19.6. The number of unbranched alkanes of at least 4 members (excludes halogenated alkanes) is 3. The van der Waals surface area contributed by atoms with Gasteiger partial charge in [0.15, 0.2) is 0 Å². The van der Waals surface area contributed by atoms with Crippen molar-refractivity contribution in [1.82, 2.24) is 4.98 Å². The van der Waals surface area contributed by atoms with E-state index in [-0.39, 0.29) is 24.6 Å². The molecule has 0 aliphatic heterocycles. The average molecular weight is 390 g/mol. The molecular formula is C21H27NO4S. The first-order chi connectivity index (χ1) is 13.1. The number of carbonyl (C=O) groups excluding carboxylic acids is 2. The van der Waals surface area contributed by atoms with E-state index in [1.165, 1.54) is 24.8 Å². The van der Waals surface area contributed by atoms with Gasteiger partial charge < -0.3 is 9.47 Å². The van der Waals surface area contributed by atoms with Gasteiger partial charge in [-0.25, -0.2) is 14.6 Å². The van der Waals surface area contributed by atoms with Crippen molar-refractivity contribution in [2.24, 2.45) is 0 Å². The van der Waals surface area contributed by atoms with Crippen LogP contribution in [0.3, 0.4) is 0 Å². The monoisotopic (exact) mass is 389 g/mol. The molecule has 0 saturated heterocycles. The van der Waals surface area contributed by atoms with E-state index >= 15 is 0 Å². The fourth-order valence-corrected chi connectivity index (χ4v) is 3.75. The highest BCUT2D eigenvalue weighted by molar-refractivity contribution is 7.13. The second-order valence-corrected chi connectivity index (χ2v) is 7.07. The summed E-state index contributed by atoms with van der Waals surface area (Å²) in [5, 5.41) is 2.04. The summed E-state index contributed by atoms with van der Waals surface area (Å²) in [5.41, 5.74) is 2.29. The number of esters is 2. The summed E-state index contributed by atoms with van der Waals surface area (Å²) in [5.74, 6) is -1.07. The van der Waals surface area contributed by atoms with Gasteiger partial charge >= 0.3 is 11.9 Å². The largest absolute Gasteiger partial charge is 0.461 e. The molecule has 6 heteroatoms. The van der Waals surface area contributed by atoms with Gasteiger partial charge in [0.05, 0.1) is 13.2 Å². The number of aryl methyl sites for hydroxylation is 1.